The molecule has 0 aliphatic rings. The molecule has 0 aliphatic carbocycles. The van der Waals surface area contributed by atoms with Crippen LogP contribution in [0.25, 0.3) is 50.8 Å². The zero-order valence-corrected chi connectivity index (χ0v) is 25.4. The van der Waals surface area contributed by atoms with E-state index in [1.54, 1.807) is 0 Å². The van der Waals surface area contributed by atoms with Crippen molar-refractivity contribution in [3.05, 3.63) is 193 Å². The Morgan fingerprint density at radius 3 is 1.33 bits per heavy atom. The van der Waals surface area contributed by atoms with Gasteiger partial charge in [-0.15, -0.1) is 0 Å². The summed E-state index contributed by atoms with van der Waals surface area (Å²) in [7, 11) is 0. The summed E-state index contributed by atoms with van der Waals surface area (Å²) in [6, 6.07) is 64.8. The number of benzene rings is 7. The Kier molecular flexibility index (Phi) is 7.22. The van der Waals surface area contributed by atoms with Gasteiger partial charge in [-0.05, 0) is 82.9 Å². The largest absolute Gasteiger partial charge is 0.311 e. The lowest BCUT2D eigenvalue weighted by Gasteiger charge is -2.26. The van der Waals surface area contributed by atoms with Crippen molar-refractivity contribution in [3.63, 3.8) is 0 Å². The van der Waals surface area contributed by atoms with Crippen LogP contribution >= 0.6 is 0 Å². The summed E-state index contributed by atoms with van der Waals surface area (Å²) < 4.78 is 2.36. The summed E-state index contributed by atoms with van der Waals surface area (Å²) in [5.41, 5.74) is 11.6. The first-order chi connectivity index (χ1) is 22.8. The van der Waals surface area contributed by atoms with E-state index in [2.05, 4.69) is 198 Å². The van der Waals surface area contributed by atoms with Crippen molar-refractivity contribution in [1.82, 2.24) is 4.57 Å². The molecule has 0 atom stereocenters. The second-order valence-corrected chi connectivity index (χ2v) is 11.5. The average molecular weight is 589 g/mol. The van der Waals surface area contributed by atoms with Crippen LogP contribution in [0, 0.1) is 0 Å². The van der Waals surface area contributed by atoms with E-state index in [0.717, 1.165) is 28.3 Å². The normalized spacial score (nSPS) is 11.4. The predicted molar refractivity (Wildman–Crippen MR) is 196 cm³/mol. The standard InChI is InChI=1S/C44H32N2/c1-3-11-33(12-4-1)19-20-34-21-25-37(26-22-34)45(38-27-23-36(24-28-38)35-13-5-2-6-14-35)39-29-31-40(32-30-39)46-43-17-9-7-15-41(43)42-16-8-10-18-44(42)46/h1-32H/b20-19+. The van der Waals surface area contributed by atoms with Gasteiger partial charge in [0.05, 0.1) is 11.0 Å². The topological polar surface area (TPSA) is 8.17 Å². The first kappa shape index (κ1) is 27.4. The van der Waals surface area contributed by atoms with Crippen LogP contribution in [0.15, 0.2) is 182 Å². The molecule has 0 aliphatic heterocycles. The first-order valence-corrected chi connectivity index (χ1v) is 15.7. The molecule has 2 nitrogen and oxygen atoms in total. The second-order valence-electron chi connectivity index (χ2n) is 11.5. The maximum absolute atomic E-state index is 2.36. The van der Waals surface area contributed by atoms with Gasteiger partial charge in [0, 0.05) is 33.5 Å². The quantitative estimate of drug-likeness (QED) is 0.168. The highest BCUT2D eigenvalue weighted by Crippen LogP contribution is 2.38. The second kappa shape index (κ2) is 12.1. The fourth-order valence-corrected chi connectivity index (χ4v) is 6.32. The van der Waals surface area contributed by atoms with Crippen LogP contribution in [0.4, 0.5) is 17.1 Å². The molecule has 1 heterocycles. The average Bonchev–Trinajstić information content (AvgIpc) is 3.47. The molecule has 2 heteroatoms. The first-order valence-electron chi connectivity index (χ1n) is 15.7. The molecule has 218 valence electrons. The third-order valence-corrected chi connectivity index (χ3v) is 8.60. The van der Waals surface area contributed by atoms with Gasteiger partial charge < -0.3 is 9.47 Å². The van der Waals surface area contributed by atoms with Crippen LogP contribution in [-0.4, -0.2) is 4.57 Å². The van der Waals surface area contributed by atoms with E-state index in [9.17, 15) is 0 Å². The minimum Gasteiger partial charge on any atom is -0.311 e. The number of rotatable bonds is 7. The van der Waals surface area contributed by atoms with Crippen molar-refractivity contribution >= 4 is 51.0 Å². The van der Waals surface area contributed by atoms with E-state index < -0.39 is 0 Å². The number of aromatic nitrogens is 1. The lowest BCUT2D eigenvalue weighted by molar-refractivity contribution is 1.17. The number of hydrogen-bond donors (Lipinski definition) is 0. The lowest BCUT2D eigenvalue weighted by Crippen LogP contribution is -2.10. The zero-order chi connectivity index (χ0) is 30.7. The molecule has 0 amide bonds. The van der Waals surface area contributed by atoms with Crippen molar-refractivity contribution in [2.24, 2.45) is 0 Å². The third-order valence-electron chi connectivity index (χ3n) is 8.60. The van der Waals surface area contributed by atoms with Gasteiger partial charge in [0.15, 0.2) is 0 Å². The molecule has 0 fully saturated rings. The predicted octanol–water partition coefficient (Wildman–Crippen LogP) is 12.1. The van der Waals surface area contributed by atoms with E-state index >= 15 is 0 Å². The summed E-state index contributed by atoms with van der Waals surface area (Å²) in [6.07, 6.45) is 4.32. The van der Waals surface area contributed by atoms with Gasteiger partial charge in [-0.3, -0.25) is 0 Å². The van der Waals surface area contributed by atoms with Crippen molar-refractivity contribution in [2.45, 2.75) is 0 Å². The van der Waals surface area contributed by atoms with Crippen LogP contribution in [0.2, 0.25) is 0 Å². The van der Waals surface area contributed by atoms with Gasteiger partial charge in [0.25, 0.3) is 0 Å². The molecular weight excluding hydrogens is 556 g/mol. The zero-order valence-electron chi connectivity index (χ0n) is 25.4. The van der Waals surface area contributed by atoms with E-state index in [1.807, 2.05) is 6.07 Å². The monoisotopic (exact) mass is 588 g/mol. The van der Waals surface area contributed by atoms with Crippen molar-refractivity contribution in [3.8, 4) is 16.8 Å². The number of fused-ring (bicyclic) bond motifs is 3. The maximum atomic E-state index is 2.36. The number of para-hydroxylation sites is 2. The highest BCUT2D eigenvalue weighted by Gasteiger charge is 2.15. The van der Waals surface area contributed by atoms with Crippen molar-refractivity contribution in [2.75, 3.05) is 4.90 Å². The van der Waals surface area contributed by atoms with Crippen molar-refractivity contribution < 1.29 is 0 Å². The highest BCUT2D eigenvalue weighted by atomic mass is 15.1. The molecule has 46 heavy (non-hydrogen) atoms. The van der Waals surface area contributed by atoms with Gasteiger partial charge in [-0.1, -0.05) is 133 Å². The molecule has 0 unspecified atom stereocenters. The van der Waals surface area contributed by atoms with E-state index in [-0.39, 0.29) is 0 Å². The van der Waals surface area contributed by atoms with Crippen LogP contribution in [0.5, 0.6) is 0 Å². The Labute approximate surface area is 269 Å². The minimum atomic E-state index is 1.10. The minimum absolute atomic E-state index is 1.10. The Morgan fingerprint density at radius 1 is 0.348 bits per heavy atom. The van der Waals surface area contributed by atoms with Gasteiger partial charge in [0.1, 0.15) is 0 Å². The Balaban J connectivity index is 1.18. The van der Waals surface area contributed by atoms with E-state index in [0.29, 0.717) is 0 Å². The molecular formula is C44H32N2. The molecule has 8 aromatic rings. The molecule has 8 rings (SSSR count). The van der Waals surface area contributed by atoms with Crippen LogP contribution in [0.3, 0.4) is 0 Å². The summed E-state index contributed by atoms with van der Waals surface area (Å²) in [6.45, 7) is 0. The molecule has 0 saturated carbocycles. The van der Waals surface area contributed by atoms with Gasteiger partial charge in [0.2, 0.25) is 0 Å². The van der Waals surface area contributed by atoms with Crippen LogP contribution in [0.1, 0.15) is 11.1 Å². The number of nitrogens with zero attached hydrogens (tertiary/aromatic N) is 2. The molecule has 0 N–H and O–H groups in total. The Morgan fingerprint density at radius 2 is 0.761 bits per heavy atom. The smallest absolute Gasteiger partial charge is 0.0541 e. The van der Waals surface area contributed by atoms with Crippen LogP contribution in [-0.2, 0) is 0 Å². The molecule has 7 aromatic carbocycles. The van der Waals surface area contributed by atoms with Gasteiger partial charge in [-0.25, -0.2) is 0 Å². The number of hydrogen-bond acceptors (Lipinski definition) is 1. The van der Waals surface area contributed by atoms with Gasteiger partial charge >= 0.3 is 0 Å². The SMILES string of the molecule is C(=C\c1ccc(N(c2ccc(-c3ccccc3)cc2)c2ccc(-n3c4ccccc4c4ccccc43)cc2)cc1)/c1ccccc1. The fraction of sp³-hybridized carbons (Fsp3) is 0. The van der Waals surface area contributed by atoms with Gasteiger partial charge in [-0.2, -0.15) is 0 Å². The molecule has 0 radical (unpaired) electrons. The molecule has 0 spiro atoms. The molecule has 0 saturated heterocycles. The summed E-state index contributed by atoms with van der Waals surface area (Å²) in [4.78, 5) is 2.33. The van der Waals surface area contributed by atoms with E-state index in [1.165, 1.54) is 38.5 Å². The number of anilines is 3. The summed E-state index contributed by atoms with van der Waals surface area (Å²) in [5, 5.41) is 2.53. The van der Waals surface area contributed by atoms with Crippen molar-refractivity contribution in [1.29, 1.82) is 0 Å². The summed E-state index contributed by atoms with van der Waals surface area (Å²) >= 11 is 0. The van der Waals surface area contributed by atoms with E-state index in [4.69, 9.17) is 0 Å². The fourth-order valence-electron chi connectivity index (χ4n) is 6.32. The Bertz CT molecular complexity index is 2210. The Hall–Kier alpha value is -6.12. The lowest BCUT2D eigenvalue weighted by atomic mass is 10.0. The molecule has 1 aromatic heterocycles. The maximum Gasteiger partial charge on any atom is 0.0541 e. The highest BCUT2D eigenvalue weighted by molar-refractivity contribution is 6.09. The van der Waals surface area contributed by atoms with Crippen LogP contribution < -0.4 is 4.90 Å². The molecule has 0 bridgehead atoms. The third kappa shape index (κ3) is 5.27. The summed E-state index contributed by atoms with van der Waals surface area (Å²) in [5.74, 6) is 0.